The fraction of sp³-hybridized carbons (Fsp3) is 0. The molecule has 2 heterocycles. The Morgan fingerprint density at radius 1 is 0.543 bits per heavy atom. The second kappa shape index (κ2) is 9.69. The van der Waals surface area contributed by atoms with Crippen LogP contribution in [0.25, 0.3) is 0 Å². The van der Waals surface area contributed by atoms with Crippen LogP contribution in [0.4, 0.5) is 0 Å². The Bertz CT molecular complexity index is 1540. The van der Waals surface area contributed by atoms with Crippen molar-refractivity contribution in [3.05, 3.63) is 24.3 Å². The van der Waals surface area contributed by atoms with Crippen LogP contribution in [0.3, 0.4) is 0 Å². The second-order valence-corrected chi connectivity index (χ2v) is 16.5. The van der Waals surface area contributed by atoms with Crippen molar-refractivity contribution in [2.45, 2.75) is 19.6 Å². The standard InChI is InChI=1S/2C6H6O8S2.2Na.Sb/c2*7-4-1-3(15(9,10)11)2-5(6(4)8)16(12,13)14;;;/h2*1-2,7-8H,(H,9,10,11)(H,12,13,14);;;/q;;;+1;+4/p-4. The Morgan fingerprint density at radius 3 is 1.11 bits per heavy atom. The zero-order valence-corrected chi connectivity index (χ0v) is 26.9. The largest absolute Gasteiger partial charge is 1.00 e. The van der Waals surface area contributed by atoms with Gasteiger partial charge in [0.25, 0.3) is 0 Å². The predicted molar refractivity (Wildman–Crippen MR) is 106 cm³/mol. The van der Waals surface area contributed by atoms with Crippen LogP contribution in [0, 0.1) is 0 Å². The van der Waals surface area contributed by atoms with Crippen molar-refractivity contribution >= 4 is 90.5 Å². The third-order valence-corrected chi connectivity index (χ3v) is 12.1. The van der Waals surface area contributed by atoms with E-state index >= 15 is 0 Å². The Kier molecular flexibility index (Phi) is 8.67. The zero-order chi connectivity index (χ0) is 24.8. The minimum atomic E-state index is -5.57. The summed E-state index contributed by atoms with van der Waals surface area (Å²) in [6.07, 6.45) is 0. The third kappa shape index (κ3) is 6.07. The molecule has 1 spiro atoms. The molecule has 0 atom stereocenters. The van der Waals surface area contributed by atoms with E-state index in [4.69, 9.17) is 12.1 Å². The smallest absolute Gasteiger partial charge is 0 e. The molecular weight excluding hydrogens is 696 g/mol. The maximum atomic E-state index is 11.7. The minimum absolute atomic E-state index is 0. The first-order chi connectivity index (χ1) is 14.8. The Labute approximate surface area is 247 Å². The van der Waals surface area contributed by atoms with Crippen LogP contribution < -0.4 is 41.6 Å². The van der Waals surface area contributed by atoms with Gasteiger partial charge in [0, 0.05) is 29.6 Å². The van der Waals surface area contributed by atoms with Crippen molar-refractivity contribution in [3.8, 4) is 23.0 Å². The van der Waals surface area contributed by atoms with Crippen LogP contribution in [-0.2, 0) is 40.5 Å². The molecule has 2 aliphatic rings. The van der Waals surface area contributed by atoms with Crippen molar-refractivity contribution in [2.75, 3.05) is 0 Å². The molecule has 0 aliphatic carbocycles. The Morgan fingerprint density at radius 2 is 0.857 bits per heavy atom. The second-order valence-electron chi connectivity index (χ2n) is 6.21. The summed E-state index contributed by atoms with van der Waals surface area (Å²) in [7, 11) is -20.4. The van der Waals surface area contributed by atoms with E-state index in [0.29, 0.717) is 24.3 Å². The van der Waals surface area contributed by atoms with Crippen LogP contribution in [0.15, 0.2) is 43.8 Å². The summed E-state index contributed by atoms with van der Waals surface area (Å²) >= 11 is -5.57. The number of rotatable bonds is 4. The van der Waals surface area contributed by atoms with Gasteiger partial charge in [0.1, 0.15) is 0 Å². The van der Waals surface area contributed by atoms with Gasteiger partial charge < -0.3 is 0 Å². The van der Waals surface area contributed by atoms with Crippen LogP contribution in [0.5, 0.6) is 23.0 Å². The summed E-state index contributed by atoms with van der Waals surface area (Å²) in [5.74, 6) is -3.04. The van der Waals surface area contributed by atoms with Crippen molar-refractivity contribution < 1.29 is 93.5 Å². The molecule has 182 valence electrons. The van der Waals surface area contributed by atoms with E-state index in [0.717, 1.165) is 0 Å². The molecule has 0 amide bonds. The van der Waals surface area contributed by atoms with Crippen molar-refractivity contribution in [2.24, 2.45) is 0 Å². The Hall–Kier alpha value is 0.0982. The summed E-state index contributed by atoms with van der Waals surface area (Å²) in [4.78, 5) is -4.45. The molecule has 2 aromatic carbocycles. The molecule has 2 aliphatic heterocycles. The molecule has 0 aromatic heterocycles. The summed E-state index contributed by atoms with van der Waals surface area (Å²) in [6.45, 7) is 0. The normalized spacial score (nSPS) is 15.9. The van der Waals surface area contributed by atoms with Crippen LogP contribution >= 0.6 is 0 Å². The SMILES string of the molecule is O=S(=O)(O)c1cc2c(c(S(=O)(=O)O)c1)[O][Sb]1([O]2)[O]c2cc(S(=O)(=O)O)cc(S(=O)(=O)O)c2[O]1.[Na+].[Na]. The quantitative estimate of drug-likeness (QED) is 0.175. The number of hydrogen-bond acceptors (Lipinski definition) is 12. The monoisotopic (exact) mass is 703 g/mol. The maximum Gasteiger partial charge on any atom is 1.00 e. The summed E-state index contributed by atoms with van der Waals surface area (Å²) in [6, 6.07) is 1.84. The molecule has 4 rings (SSSR count). The van der Waals surface area contributed by atoms with E-state index in [1.165, 1.54) is 0 Å². The molecule has 0 saturated heterocycles. The van der Waals surface area contributed by atoms with Gasteiger partial charge in [-0.1, -0.05) is 0 Å². The molecule has 0 unspecified atom stereocenters. The molecule has 4 N–H and O–H groups in total. The van der Waals surface area contributed by atoms with E-state index in [-0.39, 0.29) is 59.1 Å². The molecular formula is C12H8Na2O16S4Sb+. The van der Waals surface area contributed by atoms with Crippen molar-refractivity contribution in [1.29, 1.82) is 0 Å². The molecule has 2 aromatic rings. The van der Waals surface area contributed by atoms with Crippen LogP contribution in [0.1, 0.15) is 0 Å². The minimum Gasteiger partial charge on any atom is 0 e. The first-order valence-corrected chi connectivity index (χ1v) is 17.7. The fourth-order valence-electron chi connectivity index (χ4n) is 2.68. The van der Waals surface area contributed by atoms with Gasteiger partial charge in [-0.2, -0.15) is 0 Å². The first-order valence-electron chi connectivity index (χ1n) is 7.74. The van der Waals surface area contributed by atoms with Gasteiger partial charge in [0.15, 0.2) is 0 Å². The maximum absolute atomic E-state index is 11.7. The Balaban J connectivity index is 0.00000216. The van der Waals surface area contributed by atoms with Gasteiger partial charge in [0.2, 0.25) is 0 Å². The average molecular weight is 704 g/mol. The van der Waals surface area contributed by atoms with E-state index in [9.17, 15) is 51.9 Å². The molecule has 0 saturated carbocycles. The third-order valence-electron chi connectivity index (χ3n) is 3.97. The molecule has 23 heteroatoms. The molecule has 0 bridgehead atoms. The van der Waals surface area contributed by atoms with Crippen LogP contribution in [-0.4, -0.2) is 102 Å². The van der Waals surface area contributed by atoms with Gasteiger partial charge in [-0.15, -0.1) is 0 Å². The van der Waals surface area contributed by atoms with Crippen LogP contribution in [0.2, 0.25) is 0 Å². The topological polar surface area (TPSA) is 254 Å². The average Bonchev–Trinajstić information content (AvgIpc) is 3.14. The number of fused-ring (bicyclic) bond motifs is 2. The van der Waals surface area contributed by atoms with E-state index < -0.39 is 104 Å². The van der Waals surface area contributed by atoms with Gasteiger partial charge in [-0.25, -0.2) is 0 Å². The predicted octanol–water partition coefficient (Wildman–Crippen LogP) is -4.03. The van der Waals surface area contributed by atoms with Gasteiger partial charge in [-0.05, 0) is 0 Å². The van der Waals surface area contributed by atoms with E-state index in [2.05, 4.69) is 0 Å². The summed E-state index contributed by atoms with van der Waals surface area (Å²) in [5.41, 5.74) is 0. The summed E-state index contributed by atoms with van der Waals surface area (Å²) < 4.78 is 151. The van der Waals surface area contributed by atoms with Gasteiger partial charge >= 0.3 is 221 Å². The summed E-state index contributed by atoms with van der Waals surface area (Å²) in [5, 5.41) is 0. The molecule has 16 nitrogen and oxygen atoms in total. The van der Waals surface area contributed by atoms with E-state index in [1.54, 1.807) is 0 Å². The molecule has 0 fully saturated rings. The van der Waals surface area contributed by atoms with Gasteiger partial charge in [-0.3, -0.25) is 0 Å². The fourth-order valence-corrected chi connectivity index (χ4v) is 10.7. The molecule has 35 heavy (non-hydrogen) atoms. The van der Waals surface area contributed by atoms with E-state index in [1.807, 2.05) is 0 Å². The number of hydrogen-bond donors (Lipinski definition) is 4. The van der Waals surface area contributed by atoms with Gasteiger partial charge in [0.05, 0.1) is 0 Å². The molecule has 2 radical (unpaired) electrons. The zero-order valence-electron chi connectivity index (χ0n) is 17.1. The van der Waals surface area contributed by atoms with Crippen molar-refractivity contribution in [3.63, 3.8) is 0 Å². The van der Waals surface area contributed by atoms with Crippen molar-refractivity contribution in [1.82, 2.24) is 0 Å². The first kappa shape index (κ1) is 31.3. The number of benzene rings is 2.